The van der Waals surface area contributed by atoms with Gasteiger partial charge in [-0.1, -0.05) is 23.7 Å². The predicted molar refractivity (Wildman–Crippen MR) is 125 cm³/mol. The molecule has 0 unspecified atom stereocenters. The molecule has 184 valence electrons. The number of ether oxygens (including phenoxy) is 3. The van der Waals surface area contributed by atoms with Crippen molar-refractivity contribution in [3.63, 3.8) is 0 Å². The zero-order chi connectivity index (χ0) is 25.2. The molecule has 4 rings (SSSR count). The maximum Gasteiger partial charge on any atom is 0.416 e. The van der Waals surface area contributed by atoms with Crippen LogP contribution in [0, 0.1) is 0 Å². The third kappa shape index (κ3) is 5.32. The Kier molecular flexibility index (Phi) is 7.12. The molecule has 1 amide bonds. The van der Waals surface area contributed by atoms with Gasteiger partial charge in [0.2, 0.25) is 0 Å². The molecule has 1 aliphatic heterocycles. The quantitative estimate of drug-likeness (QED) is 0.417. The first kappa shape index (κ1) is 24.7. The number of carbonyl (C=O) groups is 1. The third-order valence-corrected chi connectivity index (χ3v) is 6.15. The minimum atomic E-state index is -4.52. The van der Waals surface area contributed by atoms with Gasteiger partial charge in [-0.05, 0) is 71.6 Å². The van der Waals surface area contributed by atoms with Crippen molar-refractivity contribution in [2.75, 3.05) is 27.4 Å². The second-order valence-electron chi connectivity index (χ2n) is 8.01. The van der Waals surface area contributed by atoms with E-state index in [2.05, 4.69) is 0 Å². The molecule has 3 aromatic carbocycles. The summed E-state index contributed by atoms with van der Waals surface area (Å²) in [5.74, 6) is 1.04. The summed E-state index contributed by atoms with van der Waals surface area (Å²) in [7, 11) is 3.00. The van der Waals surface area contributed by atoms with Gasteiger partial charge >= 0.3 is 6.18 Å². The molecule has 9 heteroatoms. The summed E-state index contributed by atoms with van der Waals surface area (Å²) in [4.78, 5) is 14.8. The second-order valence-corrected chi connectivity index (χ2v) is 8.45. The van der Waals surface area contributed by atoms with Crippen molar-refractivity contribution >= 4 is 17.5 Å². The zero-order valence-electron chi connectivity index (χ0n) is 19.1. The highest BCUT2D eigenvalue weighted by Gasteiger charge is 2.36. The number of carbonyl (C=O) groups excluding carboxylic acids is 1. The molecule has 0 saturated heterocycles. The summed E-state index contributed by atoms with van der Waals surface area (Å²) in [5, 5.41) is 0.533. The van der Waals surface area contributed by atoms with Crippen molar-refractivity contribution in [2.45, 2.75) is 18.6 Å². The molecule has 1 atom stereocenters. The number of hydrogen-bond donors (Lipinski definition) is 0. The van der Waals surface area contributed by atoms with Crippen molar-refractivity contribution in [3.8, 4) is 17.2 Å². The van der Waals surface area contributed by atoms with E-state index in [-0.39, 0.29) is 12.5 Å². The number of nitrogens with zero attached hydrogens (tertiary/aromatic N) is 1. The lowest BCUT2D eigenvalue weighted by Crippen LogP contribution is -2.43. The Balaban J connectivity index is 1.73. The molecule has 0 aromatic heterocycles. The van der Waals surface area contributed by atoms with Crippen LogP contribution in [-0.2, 0) is 17.4 Å². The molecule has 0 bridgehead atoms. The number of amides is 1. The lowest BCUT2D eigenvalue weighted by Gasteiger charge is -2.38. The highest BCUT2D eigenvalue weighted by atomic mass is 35.5. The fourth-order valence-corrected chi connectivity index (χ4v) is 4.34. The molecule has 3 aromatic rings. The van der Waals surface area contributed by atoms with Crippen LogP contribution in [0.2, 0.25) is 5.02 Å². The molecule has 35 heavy (non-hydrogen) atoms. The fourth-order valence-electron chi connectivity index (χ4n) is 4.22. The number of alkyl halides is 3. The van der Waals surface area contributed by atoms with Crippen LogP contribution < -0.4 is 14.2 Å². The van der Waals surface area contributed by atoms with E-state index in [9.17, 15) is 18.0 Å². The molecule has 1 aliphatic rings. The number of methoxy groups -OCH3 is 2. The Labute approximate surface area is 206 Å². The largest absolute Gasteiger partial charge is 0.493 e. The monoisotopic (exact) mass is 505 g/mol. The van der Waals surface area contributed by atoms with Crippen molar-refractivity contribution in [3.05, 3.63) is 87.9 Å². The molecule has 0 N–H and O–H groups in total. The minimum Gasteiger partial charge on any atom is -0.493 e. The van der Waals surface area contributed by atoms with Crippen LogP contribution in [0.15, 0.2) is 60.7 Å². The first-order valence-corrected chi connectivity index (χ1v) is 11.2. The summed E-state index contributed by atoms with van der Waals surface area (Å²) in [5.41, 5.74) is 1.10. The Morgan fingerprint density at radius 1 is 1.03 bits per heavy atom. The van der Waals surface area contributed by atoms with Gasteiger partial charge in [-0.25, -0.2) is 0 Å². The molecule has 0 saturated carbocycles. The first-order chi connectivity index (χ1) is 16.7. The van der Waals surface area contributed by atoms with Crippen LogP contribution in [-0.4, -0.2) is 38.2 Å². The Hall–Kier alpha value is -3.39. The molecular formula is C26H23ClF3NO4. The predicted octanol–water partition coefficient (Wildman–Crippen LogP) is 5.93. The SMILES string of the molecule is COc1cc2c(cc1OC)[C@H](c1cccc(C(F)(F)F)c1)N(C(=O)COc1ccc(Cl)cc1)CC2. The smallest absolute Gasteiger partial charge is 0.416 e. The van der Waals surface area contributed by atoms with Gasteiger partial charge in [-0.2, -0.15) is 13.2 Å². The van der Waals surface area contributed by atoms with E-state index in [1.54, 1.807) is 47.4 Å². The molecule has 1 heterocycles. The molecule has 0 fully saturated rings. The van der Waals surface area contributed by atoms with Crippen LogP contribution >= 0.6 is 11.6 Å². The van der Waals surface area contributed by atoms with E-state index in [0.29, 0.717) is 46.4 Å². The van der Waals surface area contributed by atoms with Crippen molar-refractivity contribution in [1.82, 2.24) is 4.90 Å². The van der Waals surface area contributed by atoms with Gasteiger partial charge < -0.3 is 19.1 Å². The Morgan fingerprint density at radius 2 is 1.71 bits per heavy atom. The molecular weight excluding hydrogens is 483 g/mol. The highest BCUT2D eigenvalue weighted by Crippen LogP contribution is 2.42. The molecule has 5 nitrogen and oxygen atoms in total. The van der Waals surface area contributed by atoms with Crippen LogP contribution in [0.25, 0.3) is 0 Å². The van der Waals surface area contributed by atoms with Crippen molar-refractivity contribution in [1.29, 1.82) is 0 Å². The van der Waals surface area contributed by atoms with Gasteiger partial charge in [0, 0.05) is 11.6 Å². The van der Waals surface area contributed by atoms with Crippen LogP contribution in [0.5, 0.6) is 17.2 Å². The first-order valence-electron chi connectivity index (χ1n) is 10.8. The summed E-state index contributed by atoms with van der Waals surface area (Å²) < 4.78 is 56.9. The van der Waals surface area contributed by atoms with Gasteiger partial charge in [-0.15, -0.1) is 0 Å². The Bertz CT molecular complexity index is 1210. The number of benzene rings is 3. The van der Waals surface area contributed by atoms with E-state index in [0.717, 1.165) is 17.7 Å². The van der Waals surface area contributed by atoms with Gasteiger partial charge in [-0.3, -0.25) is 4.79 Å². The topological polar surface area (TPSA) is 48.0 Å². The van der Waals surface area contributed by atoms with Gasteiger partial charge in [0.05, 0.1) is 25.8 Å². The fraction of sp³-hybridized carbons (Fsp3) is 0.269. The van der Waals surface area contributed by atoms with Crippen molar-refractivity contribution < 1.29 is 32.2 Å². The van der Waals surface area contributed by atoms with Gasteiger partial charge in [0.15, 0.2) is 18.1 Å². The lowest BCUT2D eigenvalue weighted by atomic mass is 9.87. The standard InChI is InChI=1S/C26H23ClF3NO4/c1-33-22-13-16-10-11-31(24(32)15-35-20-8-6-19(27)7-9-20)25(21(16)14-23(22)34-2)17-4-3-5-18(12-17)26(28,29)30/h3-9,12-14,25H,10-11,15H2,1-2H3/t25-/m0/s1. The third-order valence-electron chi connectivity index (χ3n) is 5.90. The van der Waals surface area contributed by atoms with Crippen molar-refractivity contribution in [2.24, 2.45) is 0 Å². The highest BCUT2D eigenvalue weighted by molar-refractivity contribution is 6.30. The van der Waals surface area contributed by atoms with Gasteiger partial charge in [0.1, 0.15) is 5.75 Å². The van der Waals surface area contributed by atoms with Crippen LogP contribution in [0.3, 0.4) is 0 Å². The maximum atomic E-state index is 13.5. The zero-order valence-corrected chi connectivity index (χ0v) is 19.8. The van der Waals surface area contributed by atoms with E-state index >= 15 is 0 Å². The van der Waals surface area contributed by atoms with Gasteiger partial charge in [0.25, 0.3) is 5.91 Å². The average molecular weight is 506 g/mol. The van der Waals surface area contributed by atoms with E-state index in [1.807, 2.05) is 0 Å². The normalized spacial score (nSPS) is 15.4. The summed E-state index contributed by atoms with van der Waals surface area (Å²) in [6, 6.07) is 14.4. The molecule has 0 radical (unpaired) electrons. The summed E-state index contributed by atoms with van der Waals surface area (Å²) >= 11 is 5.89. The summed E-state index contributed by atoms with van der Waals surface area (Å²) in [6.45, 7) is 0.0198. The average Bonchev–Trinajstić information content (AvgIpc) is 2.86. The van der Waals surface area contributed by atoms with Crippen LogP contribution in [0.1, 0.15) is 28.3 Å². The number of halogens is 4. The maximum absolute atomic E-state index is 13.5. The number of hydrogen-bond acceptors (Lipinski definition) is 4. The number of fused-ring (bicyclic) bond motifs is 1. The van der Waals surface area contributed by atoms with E-state index < -0.39 is 17.8 Å². The number of rotatable bonds is 6. The summed E-state index contributed by atoms with van der Waals surface area (Å²) in [6.07, 6.45) is -4.02. The Morgan fingerprint density at radius 3 is 2.37 bits per heavy atom. The van der Waals surface area contributed by atoms with Crippen LogP contribution in [0.4, 0.5) is 13.2 Å². The molecule has 0 spiro atoms. The molecule has 0 aliphatic carbocycles. The second kappa shape index (κ2) is 10.1. The lowest BCUT2D eigenvalue weighted by molar-refractivity contribution is -0.137. The minimum absolute atomic E-state index is 0.278. The van der Waals surface area contributed by atoms with E-state index in [4.69, 9.17) is 25.8 Å². The van der Waals surface area contributed by atoms with E-state index in [1.165, 1.54) is 20.3 Å².